The van der Waals surface area contributed by atoms with E-state index in [4.69, 9.17) is 23.2 Å². The van der Waals surface area contributed by atoms with Crippen molar-refractivity contribution < 1.29 is 18.0 Å². The summed E-state index contributed by atoms with van der Waals surface area (Å²) in [5.74, 6) is 0. The Balaban J connectivity index is 1.38. The van der Waals surface area contributed by atoms with Crippen molar-refractivity contribution >= 4 is 34.9 Å². The molecule has 0 radical (unpaired) electrons. The number of alkyl halides is 3. The summed E-state index contributed by atoms with van der Waals surface area (Å²) < 4.78 is 38.1. The standard InChI is InChI=1S/C21H20Cl2F3N3O/c1-12(18-7-4-14(22)8-19(18)23)28-10-17-9-16(28)11-29(17)20(30)27-15-5-2-13(3-6-15)21(24,25)26/h2-8,12,16-17H,9-11H2,1H3,(H,27,30). The topological polar surface area (TPSA) is 35.6 Å². The molecule has 3 unspecified atom stereocenters. The first-order chi connectivity index (χ1) is 14.1. The molecule has 2 heterocycles. The van der Waals surface area contributed by atoms with Crippen molar-refractivity contribution in [3.05, 3.63) is 63.6 Å². The number of rotatable bonds is 3. The van der Waals surface area contributed by atoms with E-state index in [1.807, 2.05) is 12.1 Å². The molecule has 2 bridgehead atoms. The maximum atomic E-state index is 12.7. The summed E-state index contributed by atoms with van der Waals surface area (Å²) >= 11 is 12.3. The number of anilines is 1. The van der Waals surface area contributed by atoms with Crippen molar-refractivity contribution in [2.24, 2.45) is 0 Å². The van der Waals surface area contributed by atoms with Crippen molar-refractivity contribution in [1.29, 1.82) is 0 Å². The maximum absolute atomic E-state index is 12.7. The first-order valence-electron chi connectivity index (χ1n) is 9.59. The first kappa shape index (κ1) is 21.3. The lowest BCUT2D eigenvalue weighted by atomic mass is 10.1. The van der Waals surface area contributed by atoms with Gasteiger partial charge >= 0.3 is 12.2 Å². The molecule has 2 aromatic carbocycles. The van der Waals surface area contributed by atoms with Gasteiger partial charge in [-0.1, -0.05) is 29.3 Å². The molecule has 4 nitrogen and oxygen atoms in total. The number of hydrogen-bond acceptors (Lipinski definition) is 2. The van der Waals surface area contributed by atoms with Crippen LogP contribution in [0.4, 0.5) is 23.7 Å². The second kappa shape index (κ2) is 7.94. The Morgan fingerprint density at radius 3 is 2.37 bits per heavy atom. The average molecular weight is 458 g/mol. The minimum atomic E-state index is -4.40. The largest absolute Gasteiger partial charge is 0.416 e. The van der Waals surface area contributed by atoms with Gasteiger partial charge in [0.15, 0.2) is 0 Å². The molecule has 0 spiro atoms. The third kappa shape index (κ3) is 4.11. The molecule has 2 aliphatic heterocycles. The Bertz CT molecular complexity index is 952. The number of carbonyl (C=O) groups is 1. The van der Waals surface area contributed by atoms with Crippen LogP contribution in [0.1, 0.15) is 30.5 Å². The highest BCUT2D eigenvalue weighted by atomic mass is 35.5. The van der Waals surface area contributed by atoms with Crippen LogP contribution in [0, 0.1) is 0 Å². The van der Waals surface area contributed by atoms with Crippen molar-refractivity contribution in [2.75, 3.05) is 18.4 Å². The number of likely N-dealkylation sites (tertiary alicyclic amines) is 2. The summed E-state index contributed by atoms with van der Waals surface area (Å²) in [4.78, 5) is 16.8. The predicted octanol–water partition coefficient (Wildman–Crippen LogP) is 6.06. The summed E-state index contributed by atoms with van der Waals surface area (Å²) in [5.41, 5.74) is 0.592. The summed E-state index contributed by atoms with van der Waals surface area (Å²) in [6.07, 6.45) is -3.54. The zero-order valence-corrected chi connectivity index (χ0v) is 17.6. The van der Waals surface area contributed by atoms with Crippen molar-refractivity contribution in [3.8, 4) is 0 Å². The molecule has 160 valence electrons. The number of amides is 2. The smallest absolute Gasteiger partial charge is 0.319 e. The van der Waals surface area contributed by atoms with Gasteiger partial charge in [0.05, 0.1) is 5.56 Å². The summed E-state index contributed by atoms with van der Waals surface area (Å²) in [5, 5.41) is 3.91. The van der Waals surface area contributed by atoms with Gasteiger partial charge in [-0.25, -0.2) is 4.79 Å². The fourth-order valence-corrected chi connectivity index (χ4v) is 4.94. The Morgan fingerprint density at radius 1 is 1.10 bits per heavy atom. The Labute approximate surface area is 182 Å². The van der Waals surface area contributed by atoms with E-state index in [9.17, 15) is 18.0 Å². The second-order valence-electron chi connectivity index (χ2n) is 7.74. The van der Waals surface area contributed by atoms with Gasteiger partial charge in [0, 0.05) is 46.9 Å². The van der Waals surface area contributed by atoms with E-state index in [1.165, 1.54) is 12.1 Å². The number of piperazine rings is 1. The van der Waals surface area contributed by atoms with E-state index >= 15 is 0 Å². The van der Waals surface area contributed by atoms with E-state index in [0.717, 1.165) is 24.1 Å². The molecule has 9 heteroatoms. The van der Waals surface area contributed by atoms with Crippen LogP contribution in [0.3, 0.4) is 0 Å². The SMILES string of the molecule is CC(c1ccc(Cl)cc1Cl)N1CC2CC1CN2C(=O)Nc1ccc(C(F)(F)F)cc1. The monoisotopic (exact) mass is 457 g/mol. The minimum Gasteiger partial charge on any atom is -0.319 e. The molecule has 4 rings (SSSR count). The molecular formula is C21H20Cl2F3N3O. The molecule has 2 aliphatic rings. The van der Waals surface area contributed by atoms with Crippen LogP contribution < -0.4 is 5.32 Å². The Hall–Kier alpha value is -1.96. The van der Waals surface area contributed by atoms with E-state index in [-0.39, 0.29) is 24.2 Å². The number of hydrogen-bond donors (Lipinski definition) is 1. The molecule has 2 fully saturated rings. The lowest BCUT2D eigenvalue weighted by molar-refractivity contribution is -0.137. The Morgan fingerprint density at radius 2 is 1.80 bits per heavy atom. The van der Waals surface area contributed by atoms with E-state index in [0.29, 0.717) is 28.8 Å². The van der Waals surface area contributed by atoms with E-state index in [2.05, 4.69) is 17.1 Å². The van der Waals surface area contributed by atoms with Gasteiger partial charge in [-0.05, 0) is 55.3 Å². The number of urea groups is 1. The second-order valence-corrected chi connectivity index (χ2v) is 8.58. The first-order valence-corrected chi connectivity index (χ1v) is 10.3. The zero-order valence-electron chi connectivity index (χ0n) is 16.1. The normalized spacial score (nSPS) is 22.4. The van der Waals surface area contributed by atoms with Crippen molar-refractivity contribution in [1.82, 2.24) is 9.80 Å². The number of fused-ring (bicyclic) bond motifs is 2. The van der Waals surface area contributed by atoms with Crippen LogP contribution in [0.5, 0.6) is 0 Å². The van der Waals surface area contributed by atoms with Gasteiger partial charge in [-0.2, -0.15) is 13.2 Å². The molecule has 1 N–H and O–H groups in total. The predicted molar refractivity (Wildman–Crippen MR) is 111 cm³/mol. The van der Waals surface area contributed by atoms with Crippen LogP contribution >= 0.6 is 23.2 Å². The molecule has 0 aliphatic carbocycles. The van der Waals surface area contributed by atoms with E-state index in [1.54, 1.807) is 11.0 Å². The molecule has 2 amide bonds. The number of nitrogens with zero attached hydrogens (tertiary/aromatic N) is 2. The number of halogens is 5. The lowest BCUT2D eigenvalue weighted by Gasteiger charge is -2.38. The molecular weight excluding hydrogens is 438 g/mol. The Kier molecular flexibility index (Phi) is 5.64. The van der Waals surface area contributed by atoms with Gasteiger partial charge in [0.2, 0.25) is 0 Å². The third-order valence-corrected chi connectivity index (χ3v) is 6.48. The summed E-state index contributed by atoms with van der Waals surface area (Å²) in [7, 11) is 0. The van der Waals surface area contributed by atoms with Crippen molar-refractivity contribution in [3.63, 3.8) is 0 Å². The van der Waals surface area contributed by atoms with Gasteiger partial charge < -0.3 is 10.2 Å². The van der Waals surface area contributed by atoms with Crippen LogP contribution in [0.15, 0.2) is 42.5 Å². The highest BCUT2D eigenvalue weighted by Gasteiger charge is 2.47. The van der Waals surface area contributed by atoms with Gasteiger partial charge in [-0.3, -0.25) is 4.90 Å². The summed E-state index contributed by atoms with van der Waals surface area (Å²) in [6.45, 7) is 3.36. The average Bonchev–Trinajstić information content (AvgIpc) is 3.28. The highest BCUT2D eigenvalue weighted by molar-refractivity contribution is 6.35. The van der Waals surface area contributed by atoms with Crippen LogP contribution in [0.25, 0.3) is 0 Å². The van der Waals surface area contributed by atoms with Crippen LogP contribution in [-0.2, 0) is 6.18 Å². The van der Waals surface area contributed by atoms with Crippen LogP contribution in [-0.4, -0.2) is 41.0 Å². The highest BCUT2D eigenvalue weighted by Crippen LogP contribution is 2.39. The minimum absolute atomic E-state index is 0.0537. The quantitative estimate of drug-likeness (QED) is 0.607. The fraction of sp³-hybridized carbons (Fsp3) is 0.381. The molecule has 2 aromatic rings. The number of carbonyl (C=O) groups excluding carboxylic acids is 1. The molecule has 30 heavy (non-hydrogen) atoms. The number of nitrogens with one attached hydrogen (secondary N) is 1. The van der Waals surface area contributed by atoms with Gasteiger partial charge in [0.1, 0.15) is 0 Å². The molecule has 2 saturated heterocycles. The molecule has 3 atom stereocenters. The van der Waals surface area contributed by atoms with Crippen molar-refractivity contribution in [2.45, 2.75) is 37.6 Å². The molecule has 0 saturated carbocycles. The van der Waals surface area contributed by atoms with Gasteiger partial charge in [-0.15, -0.1) is 0 Å². The maximum Gasteiger partial charge on any atom is 0.416 e. The van der Waals surface area contributed by atoms with Gasteiger partial charge in [0.25, 0.3) is 0 Å². The van der Waals surface area contributed by atoms with E-state index < -0.39 is 11.7 Å². The fourth-order valence-electron chi connectivity index (χ4n) is 4.38. The lowest BCUT2D eigenvalue weighted by Crippen LogP contribution is -2.50. The number of benzene rings is 2. The zero-order chi connectivity index (χ0) is 21.6. The molecule has 0 aromatic heterocycles. The third-order valence-electron chi connectivity index (χ3n) is 5.92. The van der Waals surface area contributed by atoms with Crippen LogP contribution in [0.2, 0.25) is 10.0 Å². The summed E-state index contributed by atoms with van der Waals surface area (Å²) in [6, 6.07) is 9.99.